The number of rotatable bonds is 2. The van der Waals surface area contributed by atoms with E-state index in [1.165, 1.54) is 6.07 Å². The van der Waals surface area contributed by atoms with E-state index in [4.69, 9.17) is 9.39 Å². The van der Waals surface area contributed by atoms with Crippen molar-refractivity contribution in [1.82, 2.24) is 5.06 Å². The Kier molecular flexibility index (Phi) is 3.31. The first kappa shape index (κ1) is 12.5. The molecular weight excluding hydrogens is 241 g/mol. The molecule has 0 saturated heterocycles. The van der Waals surface area contributed by atoms with Gasteiger partial charge in [0.1, 0.15) is 6.51 Å². The maximum Gasteiger partial charge on any atom is 0.563 e. The standard InChI is InChI=1S/C10H12BNO6/c1-2-12(16)10(14)8-6(13)3-4-7-9(8)18-11(15)5-17-7/h3-4,13,15-16H,2,5H2,1H3/p-1. The van der Waals surface area contributed by atoms with Crippen molar-refractivity contribution in [1.29, 1.82) is 0 Å². The zero-order valence-corrected chi connectivity index (χ0v) is 9.62. The van der Waals surface area contributed by atoms with E-state index in [0.29, 0.717) is 5.06 Å². The third-order valence-corrected chi connectivity index (χ3v) is 2.47. The normalized spacial score (nSPS) is 13.4. The van der Waals surface area contributed by atoms with Gasteiger partial charge in [0, 0.05) is 6.54 Å². The van der Waals surface area contributed by atoms with Gasteiger partial charge in [-0.05, 0) is 13.0 Å². The minimum atomic E-state index is -1.25. The number of hydrogen-bond donors (Lipinski definition) is 2. The van der Waals surface area contributed by atoms with Crippen molar-refractivity contribution in [3.8, 4) is 17.2 Å². The summed E-state index contributed by atoms with van der Waals surface area (Å²) in [7, 11) is -1.25. The van der Waals surface area contributed by atoms with Crippen LogP contribution in [0.5, 0.6) is 17.2 Å². The molecule has 1 aliphatic heterocycles. The topological polar surface area (TPSA) is 102 Å². The van der Waals surface area contributed by atoms with E-state index in [1.807, 2.05) is 0 Å². The van der Waals surface area contributed by atoms with E-state index in [0.717, 1.165) is 6.07 Å². The molecule has 0 saturated carbocycles. The zero-order valence-electron chi connectivity index (χ0n) is 9.62. The Balaban J connectivity index is 2.49. The molecule has 7 nitrogen and oxygen atoms in total. The molecular formula is C10H11BNO6-. The van der Waals surface area contributed by atoms with Crippen molar-refractivity contribution < 1.29 is 29.5 Å². The number of carbonyl (C=O) groups is 1. The number of hydroxylamine groups is 2. The van der Waals surface area contributed by atoms with Gasteiger partial charge in [0.2, 0.25) is 0 Å². The smallest absolute Gasteiger partial charge is 0.563 e. The maximum absolute atomic E-state index is 11.8. The Morgan fingerprint density at radius 3 is 3.00 bits per heavy atom. The highest BCUT2D eigenvalue weighted by molar-refractivity contribution is 6.44. The van der Waals surface area contributed by atoms with Crippen LogP contribution in [0.4, 0.5) is 0 Å². The van der Waals surface area contributed by atoms with Gasteiger partial charge in [0.05, 0.1) is 5.56 Å². The molecule has 0 bridgehead atoms. The molecule has 2 rings (SSSR count). The molecule has 1 aromatic carbocycles. The number of fused-ring (bicyclic) bond motifs is 1. The van der Waals surface area contributed by atoms with Crippen molar-refractivity contribution >= 4 is 13.0 Å². The first-order valence-corrected chi connectivity index (χ1v) is 5.36. The molecule has 0 aromatic heterocycles. The summed E-state index contributed by atoms with van der Waals surface area (Å²) in [5.74, 6) is -1.45. The van der Waals surface area contributed by atoms with Crippen LogP contribution in [-0.2, 0) is 0 Å². The van der Waals surface area contributed by atoms with Gasteiger partial charge in [-0.3, -0.25) is 10.0 Å². The third kappa shape index (κ3) is 2.07. The van der Waals surface area contributed by atoms with Gasteiger partial charge < -0.3 is 19.5 Å². The molecule has 0 radical (unpaired) electrons. The molecule has 1 heterocycles. The van der Waals surface area contributed by atoms with E-state index in [9.17, 15) is 20.1 Å². The summed E-state index contributed by atoms with van der Waals surface area (Å²) in [5, 5.41) is 30.7. The molecule has 0 unspecified atom stereocenters. The minimum Gasteiger partial charge on any atom is -0.872 e. The molecule has 1 aromatic rings. The quantitative estimate of drug-likeness (QED) is 0.414. The number of carbonyl (C=O) groups excluding carboxylic acids is 1. The molecule has 2 N–H and O–H groups in total. The second-order valence-electron chi connectivity index (χ2n) is 3.67. The lowest BCUT2D eigenvalue weighted by molar-refractivity contribution is -0.269. The monoisotopic (exact) mass is 252 g/mol. The van der Waals surface area contributed by atoms with E-state index in [1.54, 1.807) is 6.92 Å². The lowest BCUT2D eigenvalue weighted by atomic mass is 9.91. The lowest BCUT2D eigenvalue weighted by Gasteiger charge is -2.27. The Morgan fingerprint density at radius 1 is 1.61 bits per heavy atom. The molecule has 96 valence electrons. The van der Waals surface area contributed by atoms with Gasteiger partial charge in [0.15, 0.2) is 11.5 Å². The molecule has 1 amide bonds. The highest BCUT2D eigenvalue weighted by Crippen LogP contribution is 2.38. The highest BCUT2D eigenvalue weighted by atomic mass is 16.6. The van der Waals surface area contributed by atoms with E-state index in [2.05, 4.69) is 0 Å². The molecule has 1 aliphatic rings. The summed E-state index contributed by atoms with van der Waals surface area (Å²) >= 11 is 0. The Labute approximate surface area is 103 Å². The van der Waals surface area contributed by atoms with Gasteiger partial charge in [0.25, 0.3) is 5.91 Å². The largest absolute Gasteiger partial charge is 0.872 e. The van der Waals surface area contributed by atoms with E-state index < -0.39 is 18.8 Å². The lowest BCUT2D eigenvalue weighted by Crippen LogP contribution is -2.36. The van der Waals surface area contributed by atoms with Crippen LogP contribution >= 0.6 is 0 Å². The van der Waals surface area contributed by atoms with Crippen LogP contribution in [0.25, 0.3) is 0 Å². The molecule has 18 heavy (non-hydrogen) atoms. The summed E-state index contributed by atoms with van der Waals surface area (Å²) in [6, 6.07) is 2.50. The Hall–Kier alpha value is -1.93. The van der Waals surface area contributed by atoms with Gasteiger partial charge >= 0.3 is 7.12 Å². The molecule has 0 atom stereocenters. The van der Waals surface area contributed by atoms with Gasteiger partial charge in [-0.25, -0.2) is 5.06 Å². The van der Waals surface area contributed by atoms with Gasteiger partial charge in [-0.1, -0.05) is 11.8 Å². The number of nitrogens with zero attached hydrogens (tertiary/aromatic N) is 1. The summed E-state index contributed by atoms with van der Waals surface area (Å²) in [6.07, 6.45) is 0. The second-order valence-corrected chi connectivity index (χ2v) is 3.67. The van der Waals surface area contributed by atoms with Crippen molar-refractivity contribution in [3.63, 3.8) is 0 Å². The fourth-order valence-electron chi connectivity index (χ4n) is 1.58. The van der Waals surface area contributed by atoms with E-state index in [-0.39, 0.29) is 30.1 Å². The number of hydrogen-bond acceptors (Lipinski definition) is 6. The average Bonchev–Trinajstić information content (AvgIpc) is 2.36. The predicted octanol–water partition coefficient (Wildman–Crippen LogP) is -0.598. The SMILES string of the molecule is CCN(O)C(=O)c1c([O-])ccc2c1OB(O)CO2. The Bertz CT molecular complexity index is 480. The van der Waals surface area contributed by atoms with Crippen molar-refractivity contribution in [2.45, 2.75) is 6.92 Å². The van der Waals surface area contributed by atoms with Crippen molar-refractivity contribution in [2.24, 2.45) is 0 Å². The summed E-state index contributed by atoms with van der Waals surface area (Å²) in [5.41, 5.74) is -0.351. The van der Waals surface area contributed by atoms with Crippen LogP contribution in [0.2, 0.25) is 0 Å². The highest BCUT2D eigenvalue weighted by Gasteiger charge is 2.30. The minimum absolute atomic E-state index is 0.0192. The molecule has 0 fully saturated rings. The number of amides is 1. The first-order chi connectivity index (χ1) is 8.54. The summed E-state index contributed by atoms with van der Waals surface area (Å²) in [6.45, 7) is 1.48. The Morgan fingerprint density at radius 2 is 2.33 bits per heavy atom. The van der Waals surface area contributed by atoms with Crippen molar-refractivity contribution in [2.75, 3.05) is 13.1 Å². The average molecular weight is 252 g/mol. The van der Waals surface area contributed by atoms with Crippen LogP contribution in [-0.4, -0.2) is 41.4 Å². The third-order valence-electron chi connectivity index (χ3n) is 2.47. The van der Waals surface area contributed by atoms with Crippen LogP contribution in [0.15, 0.2) is 12.1 Å². The van der Waals surface area contributed by atoms with Crippen LogP contribution in [0.1, 0.15) is 17.3 Å². The molecule has 0 spiro atoms. The van der Waals surface area contributed by atoms with Crippen LogP contribution < -0.4 is 14.5 Å². The predicted molar refractivity (Wildman–Crippen MR) is 58.5 cm³/mol. The molecule has 0 aliphatic carbocycles. The number of benzene rings is 1. The number of ether oxygens (including phenoxy) is 1. The van der Waals surface area contributed by atoms with Crippen molar-refractivity contribution in [3.05, 3.63) is 17.7 Å². The first-order valence-electron chi connectivity index (χ1n) is 5.36. The summed E-state index contributed by atoms with van der Waals surface area (Å²) in [4.78, 5) is 11.8. The zero-order chi connectivity index (χ0) is 13.3. The van der Waals surface area contributed by atoms with Crippen LogP contribution in [0, 0.1) is 0 Å². The van der Waals surface area contributed by atoms with Gasteiger partial charge in [-0.2, -0.15) is 0 Å². The van der Waals surface area contributed by atoms with Crippen LogP contribution in [0.3, 0.4) is 0 Å². The molecule has 8 heteroatoms. The van der Waals surface area contributed by atoms with E-state index >= 15 is 0 Å². The maximum atomic E-state index is 11.8. The summed E-state index contributed by atoms with van der Waals surface area (Å²) < 4.78 is 10.2. The second kappa shape index (κ2) is 4.75. The fourth-order valence-corrected chi connectivity index (χ4v) is 1.58. The fraction of sp³-hybridized carbons (Fsp3) is 0.300. The van der Waals surface area contributed by atoms with Gasteiger partial charge in [-0.15, -0.1) is 0 Å².